The van der Waals surface area contributed by atoms with Crippen LogP contribution in [0, 0.1) is 0 Å². The van der Waals surface area contributed by atoms with Crippen LogP contribution in [0.25, 0.3) is 0 Å². The van der Waals surface area contributed by atoms with Gasteiger partial charge >= 0.3 is 0 Å². The summed E-state index contributed by atoms with van der Waals surface area (Å²) in [7, 11) is 0. The lowest BCUT2D eigenvalue weighted by Crippen LogP contribution is -2.06. The molecule has 1 aliphatic carbocycles. The molecule has 2 heterocycles. The first-order valence-electron chi connectivity index (χ1n) is 6.83. The second-order valence-corrected chi connectivity index (χ2v) is 5.15. The molecule has 0 unspecified atom stereocenters. The van der Waals surface area contributed by atoms with E-state index in [9.17, 15) is 0 Å². The van der Waals surface area contributed by atoms with E-state index in [-0.39, 0.29) is 0 Å². The SMILES string of the molecule is Nc1cc(C2CCCC2)nc(Cc2cccnc2)n1. The molecular weight excluding hydrogens is 236 g/mol. The van der Waals surface area contributed by atoms with Crippen LogP contribution in [0.2, 0.25) is 0 Å². The second-order valence-electron chi connectivity index (χ2n) is 5.15. The smallest absolute Gasteiger partial charge is 0.135 e. The van der Waals surface area contributed by atoms with Crippen molar-refractivity contribution in [3.05, 3.63) is 47.7 Å². The third kappa shape index (κ3) is 2.89. The highest BCUT2D eigenvalue weighted by Crippen LogP contribution is 2.33. The van der Waals surface area contributed by atoms with Gasteiger partial charge in [0.2, 0.25) is 0 Å². The van der Waals surface area contributed by atoms with Gasteiger partial charge in [0, 0.05) is 36.5 Å². The van der Waals surface area contributed by atoms with Gasteiger partial charge in [-0.05, 0) is 24.5 Å². The van der Waals surface area contributed by atoms with Crippen molar-refractivity contribution in [1.29, 1.82) is 0 Å². The molecule has 0 amide bonds. The predicted molar refractivity (Wildman–Crippen MR) is 74.7 cm³/mol. The maximum Gasteiger partial charge on any atom is 0.135 e. The second kappa shape index (κ2) is 5.34. The summed E-state index contributed by atoms with van der Waals surface area (Å²) in [4.78, 5) is 13.1. The molecule has 2 N–H and O–H groups in total. The first-order chi connectivity index (χ1) is 9.31. The molecule has 0 radical (unpaired) electrons. The number of hydrogen-bond acceptors (Lipinski definition) is 4. The molecule has 0 aromatic carbocycles. The Balaban J connectivity index is 1.85. The van der Waals surface area contributed by atoms with Crippen LogP contribution >= 0.6 is 0 Å². The summed E-state index contributed by atoms with van der Waals surface area (Å²) < 4.78 is 0. The summed E-state index contributed by atoms with van der Waals surface area (Å²) in [6.45, 7) is 0. The van der Waals surface area contributed by atoms with Crippen molar-refractivity contribution < 1.29 is 0 Å². The summed E-state index contributed by atoms with van der Waals surface area (Å²) >= 11 is 0. The van der Waals surface area contributed by atoms with E-state index in [1.807, 2.05) is 24.4 Å². The van der Waals surface area contributed by atoms with Crippen LogP contribution in [0.4, 0.5) is 5.82 Å². The molecule has 4 nitrogen and oxygen atoms in total. The molecule has 3 rings (SSSR count). The lowest BCUT2D eigenvalue weighted by atomic mass is 10.0. The topological polar surface area (TPSA) is 64.7 Å². The third-order valence-electron chi connectivity index (χ3n) is 3.67. The standard InChI is InChI=1S/C15H18N4/c16-14-9-13(12-5-1-2-6-12)18-15(19-14)8-11-4-3-7-17-10-11/h3-4,7,9-10,12H,1-2,5-6,8H2,(H2,16,18,19). The van der Waals surface area contributed by atoms with Crippen molar-refractivity contribution in [3.8, 4) is 0 Å². The largest absolute Gasteiger partial charge is 0.384 e. The van der Waals surface area contributed by atoms with Crippen LogP contribution in [0.5, 0.6) is 0 Å². The van der Waals surface area contributed by atoms with E-state index in [0.717, 1.165) is 17.1 Å². The maximum absolute atomic E-state index is 5.91. The van der Waals surface area contributed by atoms with Gasteiger partial charge in [-0.3, -0.25) is 4.98 Å². The van der Waals surface area contributed by atoms with E-state index in [2.05, 4.69) is 9.97 Å². The van der Waals surface area contributed by atoms with E-state index < -0.39 is 0 Å². The average molecular weight is 254 g/mol. The van der Waals surface area contributed by atoms with Gasteiger partial charge in [-0.1, -0.05) is 18.9 Å². The molecule has 1 aliphatic rings. The fourth-order valence-electron chi connectivity index (χ4n) is 2.73. The highest BCUT2D eigenvalue weighted by Gasteiger charge is 2.19. The van der Waals surface area contributed by atoms with Gasteiger partial charge in [0.05, 0.1) is 0 Å². The van der Waals surface area contributed by atoms with Crippen LogP contribution in [0.3, 0.4) is 0 Å². The lowest BCUT2D eigenvalue weighted by Gasteiger charge is -2.11. The van der Waals surface area contributed by atoms with Crippen LogP contribution in [0.1, 0.15) is 48.7 Å². The molecule has 0 aliphatic heterocycles. The monoisotopic (exact) mass is 254 g/mol. The number of nitrogens with two attached hydrogens (primary N) is 1. The van der Waals surface area contributed by atoms with E-state index in [4.69, 9.17) is 10.7 Å². The van der Waals surface area contributed by atoms with Gasteiger partial charge in [0.1, 0.15) is 11.6 Å². The Morgan fingerprint density at radius 1 is 1.21 bits per heavy atom. The van der Waals surface area contributed by atoms with Crippen LogP contribution in [-0.4, -0.2) is 15.0 Å². The van der Waals surface area contributed by atoms with Gasteiger partial charge in [-0.2, -0.15) is 0 Å². The molecule has 0 atom stereocenters. The fourth-order valence-corrected chi connectivity index (χ4v) is 2.73. The minimum atomic E-state index is 0.568. The summed E-state index contributed by atoms with van der Waals surface area (Å²) in [5, 5.41) is 0. The number of pyridine rings is 1. The number of nitrogens with zero attached hydrogens (tertiary/aromatic N) is 3. The normalized spacial score (nSPS) is 15.8. The van der Waals surface area contributed by atoms with Crippen LogP contribution < -0.4 is 5.73 Å². The Morgan fingerprint density at radius 2 is 2.05 bits per heavy atom. The first kappa shape index (κ1) is 12.1. The zero-order valence-electron chi connectivity index (χ0n) is 10.9. The summed E-state index contributed by atoms with van der Waals surface area (Å²) in [6.07, 6.45) is 9.36. The number of aromatic nitrogens is 3. The third-order valence-corrected chi connectivity index (χ3v) is 3.67. The van der Waals surface area contributed by atoms with E-state index in [1.54, 1.807) is 6.20 Å². The summed E-state index contributed by atoms with van der Waals surface area (Å²) in [5.41, 5.74) is 8.14. The van der Waals surface area contributed by atoms with Gasteiger partial charge in [-0.15, -0.1) is 0 Å². The van der Waals surface area contributed by atoms with Crippen molar-refractivity contribution in [2.24, 2.45) is 0 Å². The van der Waals surface area contributed by atoms with Crippen molar-refractivity contribution in [1.82, 2.24) is 15.0 Å². The predicted octanol–water partition coefficient (Wildman–Crippen LogP) is 2.70. The van der Waals surface area contributed by atoms with E-state index >= 15 is 0 Å². The van der Waals surface area contributed by atoms with E-state index in [1.165, 1.54) is 25.7 Å². The van der Waals surface area contributed by atoms with Crippen LogP contribution in [-0.2, 0) is 6.42 Å². The van der Waals surface area contributed by atoms with Crippen molar-refractivity contribution >= 4 is 5.82 Å². The lowest BCUT2D eigenvalue weighted by molar-refractivity contribution is 0.687. The van der Waals surface area contributed by atoms with Crippen LogP contribution in [0.15, 0.2) is 30.6 Å². The maximum atomic E-state index is 5.91. The van der Waals surface area contributed by atoms with Crippen molar-refractivity contribution in [2.75, 3.05) is 5.73 Å². The number of anilines is 1. The minimum absolute atomic E-state index is 0.568. The molecule has 98 valence electrons. The Bertz CT molecular complexity index is 547. The molecule has 4 heteroatoms. The number of hydrogen-bond donors (Lipinski definition) is 1. The van der Waals surface area contributed by atoms with Gasteiger partial charge in [0.25, 0.3) is 0 Å². The molecular formula is C15H18N4. The molecule has 0 bridgehead atoms. The Labute approximate surface area is 113 Å². The molecule has 2 aromatic rings. The molecule has 1 fully saturated rings. The zero-order valence-corrected chi connectivity index (χ0v) is 10.9. The zero-order chi connectivity index (χ0) is 13.1. The molecule has 1 saturated carbocycles. The van der Waals surface area contributed by atoms with Gasteiger partial charge < -0.3 is 5.73 Å². The Kier molecular flexibility index (Phi) is 3.40. The highest BCUT2D eigenvalue weighted by atomic mass is 14.9. The van der Waals surface area contributed by atoms with Crippen molar-refractivity contribution in [2.45, 2.75) is 38.0 Å². The summed E-state index contributed by atoms with van der Waals surface area (Å²) in [6, 6.07) is 5.90. The van der Waals surface area contributed by atoms with Gasteiger partial charge in [0.15, 0.2) is 0 Å². The average Bonchev–Trinajstić information content (AvgIpc) is 2.93. The van der Waals surface area contributed by atoms with E-state index in [0.29, 0.717) is 18.2 Å². The Morgan fingerprint density at radius 3 is 2.79 bits per heavy atom. The van der Waals surface area contributed by atoms with Crippen molar-refractivity contribution in [3.63, 3.8) is 0 Å². The van der Waals surface area contributed by atoms with Gasteiger partial charge in [-0.25, -0.2) is 9.97 Å². The highest BCUT2D eigenvalue weighted by molar-refractivity contribution is 5.32. The summed E-state index contributed by atoms with van der Waals surface area (Å²) in [5.74, 6) is 1.95. The quantitative estimate of drug-likeness (QED) is 0.914. The molecule has 0 saturated heterocycles. The number of nitrogen functional groups attached to an aromatic ring is 1. The Hall–Kier alpha value is -1.97. The minimum Gasteiger partial charge on any atom is -0.384 e. The molecule has 2 aromatic heterocycles. The molecule has 0 spiro atoms. The number of rotatable bonds is 3. The fraction of sp³-hybridized carbons (Fsp3) is 0.400. The molecule has 19 heavy (non-hydrogen) atoms. The first-order valence-corrected chi connectivity index (χ1v) is 6.83.